The number of amides is 1. The average Bonchev–Trinajstić information content (AvgIpc) is 3.22. The van der Waals surface area contributed by atoms with Gasteiger partial charge >= 0.3 is 0 Å². The molecule has 0 radical (unpaired) electrons. The van der Waals surface area contributed by atoms with Crippen molar-refractivity contribution in [2.24, 2.45) is 11.3 Å². The molecular weight excluding hydrogens is 320 g/mol. The third-order valence-corrected chi connectivity index (χ3v) is 6.88. The summed E-state index contributed by atoms with van der Waals surface area (Å²) in [5.41, 5.74) is 0.237. The molecule has 1 amide bonds. The van der Waals surface area contributed by atoms with Crippen LogP contribution in [0.4, 0.5) is 0 Å². The second-order valence-corrected chi connectivity index (χ2v) is 9.17. The van der Waals surface area contributed by atoms with E-state index in [1.807, 2.05) is 11.3 Å². The molecule has 0 aromatic carbocycles. The van der Waals surface area contributed by atoms with Crippen LogP contribution in [0.25, 0.3) is 0 Å². The van der Waals surface area contributed by atoms with Gasteiger partial charge in [0.15, 0.2) is 0 Å². The molecule has 1 saturated carbocycles. The van der Waals surface area contributed by atoms with Crippen molar-refractivity contribution in [1.29, 1.82) is 0 Å². The first-order valence-corrected chi connectivity index (χ1v) is 10.1. The smallest absolute Gasteiger partial charge is 0.223 e. The molecule has 1 aromatic heterocycles. The van der Waals surface area contributed by atoms with Crippen LogP contribution in [0.3, 0.4) is 0 Å². The lowest BCUT2D eigenvalue weighted by Crippen LogP contribution is -2.50. The summed E-state index contributed by atoms with van der Waals surface area (Å²) in [5, 5.41) is 3.16. The molecule has 0 bridgehead atoms. The third-order valence-electron chi connectivity index (χ3n) is 5.89. The number of carbonyl (C=O) groups is 1. The minimum atomic E-state index is 0.237. The minimum absolute atomic E-state index is 0.237. The molecule has 2 saturated heterocycles. The quantitative estimate of drug-likeness (QED) is 0.859. The van der Waals surface area contributed by atoms with Crippen LogP contribution < -0.4 is 5.32 Å². The first-order chi connectivity index (χ1) is 11.6. The summed E-state index contributed by atoms with van der Waals surface area (Å²) in [6.45, 7) is 7.15. The number of aryl methyl sites for hydroxylation is 1. The largest absolute Gasteiger partial charge is 0.378 e. The predicted octanol–water partition coefficient (Wildman–Crippen LogP) is 2.95. The summed E-state index contributed by atoms with van der Waals surface area (Å²) in [6, 6.07) is 4.48. The number of hydrogen-bond acceptors (Lipinski definition) is 4. The van der Waals surface area contributed by atoms with Crippen molar-refractivity contribution in [3.8, 4) is 0 Å². The number of fused-ring (bicyclic) bond motifs is 1. The Hall–Kier alpha value is -0.910. The van der Waals surface area contributed by atoms with Crippen molar-refractivity contribution in [3.63, 3.8) is 0 Å². The van der Waals surface area contributed by atoms with Gasteiger partial charge in [-0.25, -0.2) is 0 Å². The fourth-order valence-corrected chi connectivity index (χ4v) is 5.28. The van der Waals surface area contributed by atoms with Crippen LogP contribution in [0.5, 0.6) is 0 Å². The highest BCUT2D eigenvalue weighted by Crippen LogP contribution is 2.44. The van der Waals surface area contributed by atoms with Crippen molar-refractivity contribution in [2.75, 3.05) is 26.2 Å². The van der Waals surface area contributed by atoms with E-state index in [4.69, 9.17) is 4.74 Å². The molecule has 4 nitrogen and oxygen atoms in total. The lowest BCUT2D eigenvalue weighted by Gasteiger charge is -2.44. The molecule has 5 heteroatoms. The highest BCUT2D eigenvalue weighted by molar-refractivity contribution is 7.11. The van der Waals surface area contributed by atoms with E-state index in [1.54, 1.807) is 0 Å². The maximum atomic E-state index is 11.9. The number of rotatable bonds is 6. The SMILES string of the molecule is Cc1ccc(CN2CC[C@@H]3OCC[C@]3(CCNC(=O)C3CC3)C2)s1. The van der Waals surface area contributed by atoms with Gasteiger partial charge in [-0.15, -0.1) is 11.3 Å². The normalized spacial score (nSPS) is 30.3. The van der Waals surface area contributed by atoms with Gasteiger partial charge in [0.1, 0.15) is 0 Å². The topological polar surface area (TPSA) is 41.6 Å². The molecule has 1 aromatic rings. The molecule has 2 aliphatic heterocycles. The molecule has 1 N–H and O–H groups in total. The van der Waals surface area contributed by atoms with E-state index in [1.165, 1.54) is 9.75 Å². The van der Waals surface area contributed by atoms with Crippen LogP contribution in [0.15, 0.2) is 12.1 Å². The summed E-state index contributed by atoms with van der Waals surface area (Å²) in [7, 11) is 0. The Bertz CT molecular complexity index is 598. The molecule has 3 aliphatic rings. The Morgan fingerprint density at radius 1 is 1.42 bits per heavy atom. The van der Waals surface area contributed by atoms with Crippen LogP contribution in [-0.4, -0.2) is 43.2 Å². The number of nitrogens with one attached hydrogen (secondary N) is 1. The second kappa shape index (κ2) is 6.77. The average molecular weight is 349 g/mol. The van der Waals surface area contributed by atoms with E-state index >= 15 is 0 Å². The molecule has 0 unspecified atom stereocenters. The van der Waals surface area contributed by atoms with E-state index in [-0.39, 0.29) is 11.3 Å². The van der Waals surface area contributed by atoms with Crippen LogP contribution >= 0.6 is 11.3 Å². The Kier molecular flexibility index (Phi) is 4.67. The Morgan fingerprint density at radius 2 is 2.29 bits per heavy atom. The third kappa shape index (κ3) is 3.53. The molecule has 0 spiro atoms. The summed E-state index contributed by atoms with van der Waals surface area (Å²) < 4.78 is 6.04. The standard InChI is InChI=1S/C19H28N2O2S/c1-14-2-5-16(24-14)12-21-10-6-17-19(13-21,8-11-23-17)7-9-20-18(22)15-3-4-15/h2,5,15,17H,3-4,6-13H2,1H3,(H,20,22)/t17-,19+/m0/s1. The first kappa shape index (κ1) is 16.6. The van der Waals surface area contributed by atoms with Gasteiger partial charge in [0.2, 0.25) is 5.91 Å². The van der Waals surface area contributed by atoms with Gasteiger partial charge in [0, 0.05) is 53.9 Å². The lowest BCUT2D eigenvalue weighted by atomic mass is 9.74. The number of nitrogens with zero attached hydrogens (tertiary/aromatic N) is 1. The van der Waals surface area contributed by atoms with E-state index in [2.05, 4.69) is 29.3 Å². The number of ether oxygens (including phenoxy) is 1. The Labute approximate surface area is 148 Å². The maximum absolute atomic E-state index is 11.9. The van der Waals surface area contributed by atoms with Crippen LogP contribution in [0.2, 0.25) is 0 Å². The summed E-state index contributed by atoms with van der Waals surface area (Å²) >= 11 is 1.91. The van der Waals surface area contributed by atoms with Gasteiger partial charge in [0.25, 0.3) is 0 Å². The Balaban J connectivity index is 1.36. The van der Waals surface area contributed by atoms with Gasteiger partial charge in [-0.05, 0) is 51.2 Å². The molecule has 24 heavy (non-hydrogen) atoms. The molecule has 2 atom stereocenters. The zero-order valence-electron chi connectivity index (χ0n) is 14.6. The van der Waals surface area contributed by atoms with Crippen molar-refractivity contribution < 1.29 is 9.53 Å². The number of piperidine rings is 1. The van der Waals surface area contributed by atoms with Gasteiger partial charge in [-0.3, -0.25) is 9.69 Å². The fraction of sp³-hybridized carbons (Fsp3) is 0.737. The highest BCUT2D eigenvalue weighted by atomic mass is 32.1. The molecule has 4 rings (SSSR count). The number of likely N-dealkylation sites (tertiary alicyclic amines) is 1. The molecular formula is C19H28N2O2S. The first-order valence-electron chi connectivity index (χ1n) is 9.32. The summed E-state index contributed by atoms with van der Waals surface area (Å²) in [5.74, 6) is 0.576. The molecule has 3 fully saturated rings. The lowest BCUT2D eigenvalue weighted by molar-refractivity contribution is -0.122. The van der Waals surface area contributed by atoms with Crippen molar-refractivity contribution in [1.82, 2.24) is 10.2 Å². The zero-order chi connectivity index (χ0) is 16.6. The second-order valence-electron chi connectivity index (χ2n) is 7.80. The van der Waals surface area contributed by atoms with Crippen molar-refractivity contribution in [3.05, 3.63) is 21.9 Å². The van der Waals surface area contributed by atoms with E-state index in [0.717, 1.165) is 64.9 Å². The number of carbonyl (C=O) groups excluding carboxylic acids is 1. The van der Waals surface area contributed by atoms with E-state index in [9.17, 15) is 4.79 Å². The molecule has 132 valence electrons. The van der Waals surface area contributed by atoms with E-state index < -0.39 is 0 Å². The maximum Gasteiger partial charge on any atom is 0.223 e. The molecule has 3 heterocycles. The van der Waals surface area contributed by atoms with Crippen molar-refractivity contribution in [2.45, 2.75) is 51.7 Å². The molecule has 1 aliphatic carbocycles. The monoisotopic (exact) mass is 348 g/mol. The van der Waals surface area contributed by atoms with Gasteiger partial charge < -0.3 is 10.1 Å². The minimum Gasteiger partial charge on any atom is -0.378 e. The number of thiophene rings is 1. The van der Waals surface area contributed by atoms with Crippen LogP contribution in [-0.2, 0) is 16.1 Å². The van der Waals surface area contributed by atoms with Crippen molar-refractivity contribution >= 4 is 17.2 Å². The van der Waals surface area contributed by atoms with Crippen LogP contribution in [0.1, 0.15) is 41.9 Å². The van der Waals surface area contributed by atoms with Gasteiger partial charge in [-0.1, -0.05) is 0 Å². The highest BCUT2D eigenvalue weighted by Gasteiger charge is 2.47. The zero-order valence-corrected chi connectivity index (χ0v) is 15.4. The van der Waals surface area contributed by atoms with Gasteiger partial charge in [0.05, 0.1) is 6.10 Å². The summed E-state index contributed by atoms with van der Waals surface area (Å²) in [4.78, 5) is 17.3. The van der Waals surface area contributed by atoms with Crippen LogP contribution in [0, 0.1) is 18.3 Å². The summed E-state index contributed by atoms with van der Waals surface area (Å²) in [6.07, 6.45) is 5.86. The Morgan fingerprint density at radius 3 is 3.04 bits per heavy atom. The van der Waals surface area contributed by atoms with Gasteiger partial charge in [-0.2, -0.15) is 0 Å². The predicted molar refractivity (Wildman–Crippen MR) is 96.1 cm³/mol. The number of hydrogen-bond donors (Lipinski definition) is 1. The van der Waals surface area contributed by atoms with E-state index in [0.29, 0.717) is 12.0 Å². The fourth-order valence-electron chi connectivity index (χ4n) is 4.35.